The summed E-state index contributed by atoms with van der Waals surface area (Å²) in [6.45, 7) is 7.31. The fourth-order valence-corrected chi connectivity index (χ4v) is 6.30. The normalized spacial score (nSPS) is 12.5. The highest BCUT2D eigenvalue weighted by Crippen LogP contribution is 2.33. The Balaban J connectivity index is 2.12. The van der Waals surface area contributed by atoms with E-state index in [1.165, 1.54) is 37.3 Å². The van der Waals surface area contributed by atoms with Crippen LogP contribution in [0.2, 0.25) is 5.02 Å². The van der Waals surface area contributed by atoms with Crippen molar-refractivity contribution >= 4 is 39.1 Å². The number of nitrogens with one attached hydrogen (secondary N) is 1. The van der Waals surface area contributed by atoms with Gasteiger partial charge in [-0.1, -0.05) is 43.6 Å². The van der Waals surface area contributed by atoms with Crippen LogP contribution < -0.4 is 23.8 Å². The Morgan fingerprint density at radius 3 is 2.16 bits per heavy atom. The van der Waals surface area contributed by atoms with E-state index in [0.29, 0.717) is 41.5 Å². The zero-order valence-electron chi connectivity index (χ0n) is 26.6. The summed E-state index contributed by atoms with van der Waals surface area (Å²) in [6.07, 6.45) is 1.000. The summed E-state index contributed by atoms with van der Waals surface area (Å²) < 4.78 is 45.7. The molecule has 244 valence electrons. The predicted molar refractivity (Wildman–Crippen MR) is 176 cm³/mol. The van der Waals surface area contributed by atoms with Crippen molar-refractivity contribution in [3.8, 4) is 17.2 Å². The first-order valence-electron chi connectivity index (χ1n) is 14.8. The number of hydrogen-bond donors (Lipinski definition) is 1. The van der Waals surface area contributed by atoms with E-state index >= 15 is 0 Å². The van der Waals surface area contributed by atoms with Crippen molar-refractivity contribution < 1.29 is 32.2 Å². The molecule has 0 aromatic heterocycles. The summed E-state index contributed by atoms with van der Waals surface area (Å²) in [5, 5.41) is 3.39. The lowest BCUT2D eigenvalue weighted by Crippen LogP contribution is -2.53. The monoisotopic (exact) mass is 659 g/mol. The molecule has 3 aromatic carbocycles. The van der Waals surface area contributed by atoms with Crippen LogP contribution in [-0.2, 0) is 26.2 Å². The number of carbonyl (C=O) groups excluding carboxylic acids is 2. The fourth-order valence-electron chi connectivity index (χ4n) is 4.68. The molecule has 0 saturated carbocycles. The largest absolute Gasteiger partial charge is 0.494 e. The molecule has 0 aliphatic rings. The van der Waals surface area contributed by atoms with Gasteiger partial charge in [-0.2, -0.15) is 0 Å². The maximum Gasteiger partial charge on any atom is 0.264 e. The average Bonchev–Trinajstić information content (AvgIpc) is 3.04. The number of nitrogens with zero attached hydrogens (tertiary/aromatic N) is 2. The Kier molecular flexibility index (Phi) is 12.9. The number of benzene rings is 3. The summed E-state index contributed by atoms with van der Waals surface area (Å²) >= 11 is 6.48. The molecule has 0 saturated heterocycles. The van der Waals surface area contributed by atoms with Gasteiger partial charge in [-0.3, -0.25) is 13.9 Å². The van der Waals surface area contributed by atoms with Crippen LogP contribution in [0, 0.1) is 0 Å². The number of anilines is 1. The van der Waals surface area contributed by atoms with Crippen LogP contribution in [0.1, 0.15) is 46.1 Å². The maximum atomic E-state index is 14.3. The van der Waals surface area contributed by atoms with E-state index in [1.807, 2.05) is 20.8 Å². The highest BCUT2D eigenvalue weighted by Gasteiger charge is 2.34. The van der Waals surface area contributed by atoms with Crippen molar-refractivity contribution in [3.63, 3.8) is 0 Å². The van der Waals surface area contributed by atoms with Crippen LogP contribution >= 0.6 is 11.6 Å². The second kappa shape index (κ2) is 16.4. The first-order valence-corrected chi connectivity index (χ1v) is 16.6. The number of rotatable bonds is 16. The van der Waals surface area contributed by atoms with E-state index in [2.05, 4.69) is 5.32 Å². The standard InChI is InChI=1S/C33H42ClN3O7S/c1-7-23(4)35-33(39)29(8-2)36(21-24-12-10-11-13-28(24)34)32(38)22-37(25-14-16-26(17-15-25)44-9-3)45(40,41)27-18-19-30(42-5)31(20-27)43-6/h10-20,23,29H,7-9,21-22H2,1-6H3,(H,35,39)/t23-,29+/m0/s1. The van der Waals surface area contributed by atoms with Gasteiger partial charge in [0, 0.05) is 23.7 Å². The molecule has 0 aliphatic carbocycles. The summed E-state index contributed by atoms with van der Waals surface area (Å²) in [7, 11) is -1.48. The Morgan fingerprint density at radius 2 is 1.58 bits per heavy atom. The van der Waals surface area contributed by atoms with Gasteiger partial charge >= 0.3 is 0 Å². The maximum absolute atomic E-state index is 14.3. The Bertz CT molecular complexity index is 1550. The molecular weight excluding hydrogens is 618 g/mol. The molecule has 3 aromatic rings. The van der Waals surface area contributed by atoms with Gasteiger partial charge < -0.3 is 24.4 Å². The van der Waals surface area contributed by atoms with E-state index < -0.39 is 28.5 Å². The van der Waals surface area contributed by atoms with Crippen LogP contribution in [-0.4, -0.2) is 64.6 Å². The average molecular weight is 660 g/mol. The summed E-state index contributed by atoms with van der Waals surface area (Å²) in [6, 6.07) is 16.7. The quantitative estimate of drug-likeness (QED) is 0.211. The second-order valence-electron chi connectivity index (χ2n) is 10.3. The Hall–Kier alpha value is -3.96. The summed E-state index contributed by atoms with van der Waals surface area (Å²) in [5.74, 6) is 0.194. The fraction of sp³-hybridized carbons (Fsp3) is 0.394. The minimum atomic E-state index is -4.34. The topological polar surface area (TPSA) is 114 Å². The molecule has 0 spiro atoms. The SMILES string of the molecule is CCOc1ccc(N(CC(=O)N(Cc2ccccc2Cl)[C@H](CC)C(=O)N[C@@H](C)CC)S(=O)(=O)c2ccc(OC)c(OC)c2)cc1. The zero-order valence-corrected chi connectivity index (χ0v) is 28.2. The van der Waals surface area contributed by atoms with Crippen molar-refractivity contribution in [1.29, 1.82) is 0 Å². The van der Waals surface area contributed by atoms with Crippen LogP contribution in [0.3, 0.4) is 0 Å². The molecule has 45 heavy (non-hydrogen) atoms. The zero-order chi connectivity index (χ0) is 33.1. The molecule has 0 radical (unpaired) electrons. The van der Waals surface area contributed by atoms with Crippen molar-refractivity contribution in [1.82, 2.24) is 10.2 Å². The summed E-state index contributed by atoms with van der Waals surface area (Å²) in [4.78, 5) is 29.0. The molecule has 2 amide bonds. The van der Waals surface area contributed by atoms with Gasteiger partial charge in [0.2, 0.25) is 11.8 Å². The number of methoxy groups -OCH3 is 2. The van der Waals surface area contributed by atoms with Gasteiger partial charge in [-0.05, 0) is 74.7 Å². The lowest BCUT2D eigenvalue weighted by atomic mass is 10.1. The Morgan fingerprint density at radius 1 is 0.911 bits per heavy atom. The second-order valence-corrected chi connectivity index (χ2v) is 12.6. The minimum Gasteiger partial charge on any atom is -0.494 e. The molecule has 3 rings (SSSR count). The molecule has 12 heteroatoms. The van der Waals surface area contributed by atoms with Crippen molar-refractivity contribution in [2.75, 3.05) is 31.7 Å². The number of hydrogen-bond acceptors (Lipinski definition) is 7. The van der Waals surface area contributed by atoms with E-state index in [4.69, 9.17) is 25.8 Å². The lowest BCUT2D eigenvalue weighted by Gasteiger charge is -2.34. The molecule has 10 nitrogen and oxygen atoms in total. The van der Waals surface area contributed by atoms with Crippen molar-refractivity contribution in [3.05, 3.63) is 77.3 Å². The molecule has 0 bridgehead atoms. The third-order valence-corrected chi connectivity index (χ3v) is 9.48. The van der Waals surface area contributed by atoms with Crippen LogP contribution in [0.15, 0.2) is 71.6 Å². The number of sulfonamides is 1. The van der Waals surface area contributed by atoms with Gasteiger partial charge in [0.05, 0.1) is 31.4 Å². The number of halogens is 1. The van der Waals surface area contributed by atoms with E-state index in [0.717, 1.165) is 4.31 Å². The smallest absolute Gasteiger partial charge is 0.264 e. The van der Waals surface area contributed by atoms with Crippen LogP contribution in [0.4, 0.5) is 5.69 Å². The third-order valence-electron chi connectivity index (χ3n) is 7.34. The van der Waals surface area contributed by atoms with Crippen molar-refractivity contribution in [2.45, 2.75) is 64.1 Å². The third kappa shape index (κ3) is 8.82. The van der Waals surface area contributed by atoms with Gasteiger partial charge in [0.25, 0.3) is 10.0 Å². The lowest BCUT2D eigenvalue weighted by molar-refractivity contribution is -0.140. The number of carbonyl (C=O) groups is 2. The highest BCUT2D eigenvalue weighted by atomic mass is 35.5. The first kappa shape index (κ1) is 35.5. The van der Waals surface area contributed by atoms with Crippen LogP contribution in [0.5, 0.6) is 17.2 Å². The predicted octanol–water partition coefficient (Wildman–Crippen LogP) is 5.67. The highest BCUT2D eigenvalue weighted by molar-refractivity contribution is 7.92. The molecule has 0 aliphatic heterocycles. The number of ether oxygens (including phenoxy) is 3. The molecule has 0 unspecified atom stereocenters. The van der Waals surface area contributed by atoms with E-state index in [-0.39, 0.29) is 34.8 Å². The van der Waals surface area contributed by atoms with Gasteiger partial charge in [0.15, 0.2) is 11.5 Å². The van der Waals surface area contributed by atoms with Gasteiger partial charge in [-0.25, -0.2) is 8.42 Å². The molecule has 0 heterocycles. The van der Waals surface area contributed by atoms with E-state index in [1.54, 1.807) is 55.5 Å². The number of amides is 2. The molecule has 2 atom stereocenters. The molecular formula is C33H42ClN3O7S. The van der Waals surface area contributed by atoms with Gasteiger partial charge in [0.1, 0.15) is 18.3 Å². The molecule has 1 N–H and O–H groups in total. The van der Waals surface area contributed by atoms with E-state index in [9.17, 15) is 18.0 Å². The Labute approximate surface area is 271 Å². The van der Waals surface area contributed by atoms with Gasteiger partial charge in [-0.15, -0.1) is 0 Å². The first-order chi connectivity index (χ1) is 21.5. The minimum absolute atomic E-state index is 0.00152. The van der Waals surface area contributed by atoms with Crippen molar-refractivity contribution in [2.24, 2.45) is 0 Å². The summed E-state index contributed by atoms with van der Waals surface area (Å²) in [5.41, 5.74) is 0.856. The van der Waals surface area contributed by atoms with Crippen LogP contribution in [0.25, 0.3) is 0 Å². The molecule has 0 fully saturated rings.